The molecule has 3 aliphatic rings. The van der Waals surface area contributed by atoms with Gasteiger partial charge in [0.15, 0.2) is 6.10 Å². The summed E-state index contributed by atoms with van der Waals surface area (Å²) >= 11 is 0. The lowest BCUT2D eigenvalue weighted by Gasteiger charge is -2.44. The van der Waals surface area contributed by atoms with Crippen LogP contribution >= 0.6 is 0 Å². The third-order valence-corrected chi connectivity index (χ3v) is 7.37. The quantitative estimate of drug-likeness (QED) is 0.524. The molecule has 3 rings (SSSR count). The first kappa shape index (κ1) is 25.2. The zero-order valence-electron chi connectivity index (χ0n) is 19.7. The Morgan fingerprint density at radius 2 is 1.72 bits per heavy atom. The van der Waals surface area contributed by atoms with Crippen molar-refractivity contribution in [2.24, 2.45) is 0 Å². The highest BCUT2D eigenvalue weighted by molar-refractivity contribution is 5.83. The summed E-state index contributed by atoms with van der Waals surface area (Å²) in [6, 6.07) is -0.917. The molecule has 1 saturated heterocycles. The van der Waals surface area contributed by atoms with E-state index in [9.17, 15) is 19.8 Å². The van der Waals surface area contributed by atoms with Crippen LogP contribution in [0.3, 0.4) is 0 Å². The summed E-state index contributed by atoms with van der Waals surface area (Å²) in [5, 5.41) is 24.4. The number of unbranched alkanes of at least 4 members (excludes halogenated alkanes) is 1. The minimum absolute atomic E-state index is 0.0451. The lowest BCUT2D eigenvalue weighted by Crippen LogP contribution is -2.61. The molecule has 3 fully saturated rings. The molecule has 1 aliphatic heterocycles. The number of hydrogen-bond acceptors (Lipinski definition) is 5. The Bertz CT molecular complexity index is 592. The van der Waals surface area contributed by atoms with Gasteiger partial charge in [-0.1, -0.05) is 51.9 Å². The van der Waals surface area contributed by atoms with Crippen molar-refractivity contribution >= 4 is 11.9 Å². The van der Waals surface area contributed by atoms with Crippen LogP contribution < -0.4 is 5.32 Å². The van der Waals surface area contributed by atoms with Gasteiger partial charge in [-0.2, -0.15) is 0 Å². The Balaban J connectivity index is 1.79. The van der Waals surface area contributed by atoms with E-state index in [0.29, 0.717) is 39.1 Å². The number of urea groups is 1. The number of ether oxygens (including phenoxy) is 1. The fraction of sp³-hybridized carbons (Fsp3) is 0.917. The van der Waals surface area contributed by atoms with Crippen LogP contribution in [0.15, 0.2) is 0 Å². The van der Waals surface area contributed by atoms with Gasteiger partial charge >= 0.3 is 6.03 Å². The van der Waals surface area contributed by atoms with Gasteiger partial charge in [-0.25, -0.2) is 4.79 Å². The van der Waals surface area contributed by atoms with E-state index in [1.807, 2.05) is 9.80 Å². The molecule has 3 amide bonds. The molecule has 0 spiro atoms. The predicted octanol–water partition coefficient (Wildman–Crippen LogP) is 2.41. The number of carbonyl (C=O) groups excluding carboxylic acids is 2. The zero-order chi connectivity index (χ0) is 22.9. The fourth-order valence-corrected chi connectivity index (χ4v) is 5.43. The van der Waals surface area contributed by atoms with Crippen LogP contribution in [0, 0.1) is 0 Å². The van der Waals surface area contributed by atoms with Gasteiger partial charge in [0.1, 0.15) is 0 Å². The molecule has 2 saturated carbocycles. The summed E-state index contributed by atoms with van der Waals surface area (Å²) in [5.41, 5.74) is 0. The van der Waals surface area contributed by atoms with E-state index in [0.717, 1.165) is 64.2 Å². The smallest absolute Gasteiger partial charge is 0.320 e. The van der Waals surface area contributed by atoms with Crippen molar-refractivity contribution in [2.75, 3.05) is 26.3 Å². The second-order valence-electron chi connectivity index (χ2n) is 9.70. The van der Waals surface area contributed by atoms with Gasteiger partial charge in [-0.05, 0) is 32.1 Å². The number of aliphatic hydroxyl groups is 2. The van der Waals surface area contributed by atoms with Crippen LogP contribution in [-0.2, 0) is 9.53 Å². The maximum Gasteiger partial charge on any atom is 0.320 e. The van der Waals surface area contributed by atoms with Crippen LogP contribution in [0.5, 0.6) is 0 Å². The number of nitrogens with zero attached hydrogens (tertiary/aromatic N) is 2. The molecule has 3 N–H and O–H groups in total. The van der Waals surface area contributed by atoms with Crippen LogP contribution in [0.2, 0.25) is 0 Å². The molecule has 1 heterocycles. The van der Waals surface area contributed by atoms with Gasteiger partial charge in [-0.3, -0.25) is 4.79 Å². The minimum atomic E-state index is -1.30. The van der Waals surface area contributed by atoms with Crippen molar-refractivity contribution in [3.05, 3.63) is 0 Å². The van der Waals surface area contributed by atoms with Crippen LogP contribution in [0.4, 0.5) is 4.79 Å². The van der Waals surface area contributed by atoms with Crippen LogP contribution in [0.1, 0.15) is 84.0 Å². The Labute approximate surface area is 192 Å². The molecule has 0 aromatic carbocycles. The first-order valence-electron chi connectivity index (χ1n) is 12.8. The van der Waals surface area contributed by atoms with E-state index >= 15 is 0 Å². The molecule has 0 radical (unpaired) electrons. The summed E-state index contributed by atoms with van der Waals surface area (Å²) in [4.78, 5) is 30.4. The van der Waals surface area contributed by atoms with Gasteiger partial charge in [0, 0.05) is 19.1 Å². The molecule has 0 aromatic rings. The molecule has 8 heteroatoms. The number of rotatable bonds is 8. The number of morpholine rings is 1. The van der Waals surface area contributed by atoms with Gasteiger partial charge in [0.2, 0.25) is 0 Å². The number of hydrogen-bond donors (Lipinski definition) is 3. The third kappa shape index (κ3) is 6.58. The molecule has 184 valence electrons. The minimum Gasteiger partial charge on any atom is -0.391 e. The van der Waals surface area contributed by atoms with Gasteiger partial charge < -0.3 is 30.1 Å². The topological polar surface area (TPSA) is 102 Å². The van der Waals surface area contributed by atoms with Gasteiger partial charge in [-0.15, -0.1) is 0 Å². The number of aliphatic hydroxyl groups excluding tert-OH is 2. The average molecular weight is 454 g/mol. The molecule has 8 nitrogen and oxygen atoms in total. The van der Waals surface area contributed by atoms with E-state index < -0.39 is 24.2 Å². The van der Waals surface area contributed by atoms with Crippen molar-refractivity contribution in [1.82, 2.24) is 15.1 Å². The molecule has 0 bridgehead atoms. The predicted molar refractivity (Wildman–Crippen MR) is 122 cm³/mol. The van der Waals surface area contributed by atoms with Crippen LogP contribution in [0.25, 0.3) is 0 Å². The molecule has 0 aromatic heterocycles. The molecule has 2 aliphatic carbocycles. The maximum atomic E-state index is 13.7. The Hall–Kier alpha value is -1.38. The Morgan fingerprint density at radius 3 is 2.38 bits per heavy atom. The molecular weight excluding hydrogens is 410 g/mol. The Morgan fingerprint density at radius 1 is 1.06 bits per heavy atom. The van der Waals surface area contributed by atoms with Crippen molar-refractivity contribution in [1.29, 1.82) is 0 Å². The maximum absolute atomic E-state index is 13.7. The summed E-state index contributed by atoms with van der Waals surface area (Å²) < 4.78 is 5.43. The largest absolute Gasteiger partial charge is 0.391 e. The average Bonchev–Trinajstić information content (AvgIpc) is 2.83. The van der Waals surface area contributed by atoms with Crippen molar-refractivity contribution in [2.45, 2.75) is 114 Å². The number of amides is 3. The van der Waals surface area contributed by atoms with Crippen LogP contribution in [-0.4, -0.2) is 88.6 Å². The lowest BCUT2D eigenvalue weighted by molar-refractivity contribution is -0.135. The van der Waals surface area contributed by atoms with Crippen molar-refractivity contribution < 1.29 is 24.5 Å². The van der Waals surface area contributed by atoms with Crippen molar-refractivity contribution in [3.8, 4) is 0 Å². The highest BCUT2D eigenvalue weighted by Crippen LogP contribution is 2.29. The second-order valence-corrected chi connectivity index (χ2v) is 9.70. The molecule has 32 heavy (non-hydrogen) atoms. The Kier molecular flexibility index (Phi) is 10.1. The highest BCUT2D eigenvalue weighted by Gasteiger charge is 2.41. The summed E-state index contributed by atoms with van der Waals surface area (Å²) in [7, 11) is 0. The zero-order valence-corrected chi connectivity index (χ0v) is 19.7. The van der Waals surface area contributed by atoms with E-state index in [2.05, 4.69) is 12.2 Å². The summed E-state index contributed by atoms with van der Waals surface area (Å²) in [6.07, 6.45) is 8.90. The van der Waals surface area contributed by atoms with E-state index in [4.69, 9.17) is 4.74 Å². The fourth-order valence-electron chi connectivity index (χ4n) is 5.43. The van der Waals surface area contributed by atoms with Crippen molar-refractivity contribution in [3.63, 3.8) is 0 Å². The number of nitrogens with one attached hydrogen (secondary N) is 1. The SMILES string of the molecule is CCCC[C@@H]([C@H](O)C(=O)N[C@H]1CCCC[C@@H]1O)N(C(=O)N1CCOCC1)C1CCCCC1. The summed E-state index contributed by atoms with van der Waals surface area (Å²) in [5.74, 6) is -0.465. The number of carbonyl (C=O) groups is 2. The third-order valence-electron chi connectivity index (χ3n) is 7.37. The van der Waals surface area contributed by atoms with E-state index in [1.54, 1.807) is 0 Å². The second kappa shape index (κ2) is 12.8. The van der Waals surface area contributed by atoms with Gasteiger partial charge in [0.25, 0.3) is 5.91 Å². The summed E-state index contributed by atoms with van der Waals surface area (Å²) in [6.45, 7) is 4.20. The van der Waals surface area contributed by atoms with Gasteiger partial charge in [0.05, 0.1) is 31.4 Å². The monoisotopic (exact) mass is 453 g/mol. The molecule has 0 unspecified atom stereocenters. The molecular formula is C24H43N3O5. The highest BCUT2D eigenvalue weighted by atomic mass is 16.5. The first-order valence-corrected chi connectivity index (χ1v) is 12.8. The first-order chi connectivity index (χ1) is 15.5. The normalized spacial score (nSPS) is 26.9. The molecule has 4 atom stereocenters. The lowest BCUT2D eigenvalue weighted by atomic mass is 9.90. The van der Waals surface area contributed by atoms with E-state index in [-0.39, 0.29) is 18.1 Å². The standard InChI is InChI=1S/C24H43N3O5/c1-2-3-12-20(22(29)23(30)25-19-11-7-8-13-21(19)28)27(18-9-5-4-6-10-18)24(31)26-14-16-32-17-15-26/h18-22,28-29H,2-17H2,1H3,(H,25,30)/t19-,20-,21-,22-/m0/s1. The van der Waals surface area contributed by atoms with E-state index in [1.165, 1.54) is 0 Å².